The molecular weight excluding hydrogens is 366 g/mol. The molecule has 28 heavy (non-hydrogen) atoms. The highest BCUT2D eigenvalue weighted by Gasteiger charge is 2.41. The zero-order valence-corrected chi connectivity index (χ0v) is 18.7. The van der Waals surface area contributed by atoms with E-state index in [2.05, 4.69) is 53.0 Å². The van der Waals surface area contributed by atoms with E-state index in [-0.39, 0.29) is 11.6 Å². The fraction of sp³-hybridized carbons (Fsp3) is 0.478. The van der Waals surface area contributed by atoms with Gasteiger partial charge in [-0.2, -0.15) is 0 Å². The minimum absolute atomic E-state index is 0.0200. The van der Waals surface area contributed by atoms with Crippen LogP contribution in [0.3, 0.4) is 0 Å². The van der Waals surface area contributed by atoms with Crippen molar-refractivity contribution in [2.45, 2.75) is 64.0 Å². The predicted octanol–water partition coefficient (Wildman–Crippen LogP) is 6.17. The van der Waals surface area contributed by atoms with E-state index in [1.165, 1.54) is 6.07 Å². The van der Waals surface area contributed by atoms with Gasteiger partial charge in [0, 0.05) is 11.2 Å². The Labute approximate surface area is 170 Å². The lowest BCUT2D eigenvalue weighted by atomic mass is 9.74. The molecule has 0 aliphatic carbocycles. The van der Waals surface area contributed by atoms with E-state index in [0.29, 0.717) is 28.8 Å². The molecule has 1 fully saturated rings. The van der Waals surface area contributed by atoms with Crippen LogP contribution in [0.4, 0.5) is 4.39 Å². The fourth-order valence-corrected chi connectivity index (χ4v) is 10.0. The summed E-state index contributed by atoms with van der Waals surface area (Å²) in [5.74, 6) is 3.07. The van der Waals surface area contributed by atoms with Crippen molar-refractivity contribution in [3.63, 3.8) is 0 Å². The average Bonchev–Trinajstić information content (AvgIpc) is 3.16. The van der Waals surface area contributed by atoms with Gasteiger partial charge >= 0.3 is 7.48 Å². The molecule has 1 atom stereocenters. The van der Waals surface area contributed by atoms with Gasteiger partial charge in [-0.05, 0) is 33.6 Å². The Morgan fingerprint density at radius 2 is 1.71 bits per heavy atom. The van der Waals surface area contributed by atoms with Crippen molar-refractivity contribution in [1.29, 1.82) is 0 Å². The number of halogens is 1. The van der Waals surface area contributed by atoms with E-state index in [1.54, 1.807) is 7.48 Å². The zero-order chi connectivity index (χ0) is 20.5. The van der Waals surface area contributed by atoms with Gasteiger partial charge in [0.05, 0.1) is 12.2 Å². The molecule has 1 heterocycles. The van der Waals surface area contributed by atoms with E-state index < -0.39 is 8.07 Å². The van der Waals surface area contributed by atoms with Crippen LogP contribution in [0.2, 0.25) is 16.6 Å². The first kappa shape index (κ1) is 21.1. The molecule has 0 N–H and O–H groups in total. The summed E-state index contributed by atoms with van der Waals surface area (Å²) in [5.41, 5.74) is 6.69. The Morgan fingerprint density at radius 1 is 1.04 bits per heavy atom. The van der Waals surface area contributed by atoms with Gasteiger partial charge in [0.25, 0.3) is 0 Å². The van der Waals surface area contributed by atoms with Gasteiger partial charge < -0.3 is 4.81 Å². The van der Waals surface area contributed by atoms with Crippen molar-refractivity contribution >= 4 is 26.3 Å². The lowest BCUT2D eigenvalue weighted by molar-refractivity contribution is -0.183. The predicted molar refractivity (Wildman–Crippen MR) is 117 cm³/mol. The normalized spacial score (nSPS) is 17.3. The molecular formula is C23H29BFO2Si. The molecule has 1 radical (unpaired) electrons. The second-order valence-electron chi connectivity index (χ2n) is 8.64. The third-order valence-electron chi connectivity index (χ3n) is 6.23. The Morgan fingerprint density at radius 3 is 2.29 bits per heavy atom. The molecule has 1 saturated heterocycles. The molecule has 1 aliphatic rings. The molecule has 0 amide bonds. The monoisotopic (exact) mass is 395 g/mol. The van der Waals surface area contributed by atoms with Crippen LogP contribution in [0, 0.1) is 17.3 Å². The second kappa shape index (κ2) is 8.41. The summed E-state index contributed by atoms with van der Waals surface area (Å²) in [6.07, 6.45) is 0. The number of benzene rings is 2. The van der Waals surface area contributed by atoms with E-state index in [1.807, 2.05) is 24.3 Å². The molecule has 3 rings (SSSR count). The molecule has 2 nitrogen and oxygen atoms in total. The smallest absolute Gasteiger partial charge is 0.310 e. The number of hydrogen-bond donors (Lipinski definition) is 0. The van der Waals surface area contributed by atoms with Crippen LogP contribution in [0.5, 0.6) is 0 Å². The van der Waals surface area contributed by atoms with Crippen LogP contribution < -0.4 is 0 Å². The molecule has 0 saturated carbocycles. The summed E-state index contributed by atoms with van der Waals surface area (Å²) in [6, 6.07) is 9.38. The first-order valence-electron chi connectivity index (χ1n) is 10.1. The quantitative estimate of drug-likeness (QED) is 0.350. The molecule has 0 spiro atoms. The van der Waals surface area contributed by atoms with Gasteiger partial charge in [0.2, 0.25) is 0 Å². The molecule has 2 aromatic rings. The maximum Gasteiger partial charge on any atom is 0.354 e. The molecule has 147 valence electrons. The van der Waals surface area contributed by atoms with Crippen molar-refractivity contribution in [2.75, 3.05) is 6.61 Å². The minimum Gasteiger partial charge on any atom is -0.310 e. The van der Waals surface area contributed by atoms with E-state index in [0.717, 1.165) is 16.3 Å². The van der Waals surface area contributed by atoms with Crippen molar-refractivity contribution in [3.05, 3.63) is 47.3 Å². The molecule has 0 aromatic heterocycles. The highest BCUT2D eigenvalue weighted by Crippen LogP contribution is 2.41. The second-order valence-corrected chi connectivity index (χ2v) is 14.2. The Balaban J connectivity index is 2.24. The van der Waals surface area contributed by atoms with Crippen LogP contribution in [-0.2, 0) is 9.69 Å². The molecule has 2 aromatic carbocycles. The Kier molecular flexibility index (Phi) is 6.34. The molecule has 5 heteroatoms. The highest BCUT2D eigenvalue weighted by molar-refractivity contribution is 6.90. The van der Waals surface area contributed by atoms with Crippen LogP contribution >= 0.6 is 0 Å². The highest BCUT2D eigenvalue weighted by atomic mass is 28.3. The van der Waals surface area contributed by atoms with Gasteiger partial charge in [-0.15, -0.1) is 5.54 Å². The maximum atomic E-state index is 15.0. The Hall–Kier alpha value is -1.61. The largest absolute Gasteiger partial charge is 0.354 e. The van der Waals surface area contributed by atoms with Crippen LogP contribution in [-0.4, -0.2) is 22.2 Å². The lowest BCUT2D eigenvalue weighted by Crippen LogP contribution is -2.43. The first-order valence-corrected chi connectivity index (χ1v) is 12.4. The minimum atomic E-state index is -1.95. The summed E-state index contributed by atoms with van der Waals surface area (Å²) < 4.78 is 15.0. The fourth-order valence-electron chi connectivity index (χ4n) is 4.84. The average molecular weight is 395 g/mol. The maximum absolute atomic E-state index is 15.0. The molecule has 1 aliphatic heterocycles. The van der Waals surface area contributed by atoms with Crippen molar-refractivity contribution in [1.82, 2.24) is 0 Å². The van der Waals surface area contributed by atoms with E-state index in [9.17, 15) is 0 Å². The number of hydrogen-bond acceptors (Lipinski definition) is 2. The summed E-state index contributed by atoms with van der Waals surface area (Å²) >= 11 is 0. The third-order valence-corrected chi connectivity index (χ3v) is 12.5. The van der Waals surface area contributed by atoms with Crippen molar-refractivity contribution in [2.24, 2.45) is 0 Å². The zero-order valence-electron chi connectivity index (χ0n) is 17.7. The van der Waals surface area contributed by atoms with Crippen molar-refractivity contribution in [3.8, 4) is 11.5 Å². The number of fused-ring (bicyclic) bond motifs is 1. The SMILES string of the molecule is CC(C)[Si](C#Cc1c(F)ccc2cccc(C3[B]OOC3)c12)(C(C)C)C(C)C. The molecule has 1 unspecified atom stereocenters. The van der Waals surface area contributed by atoms with Gasteiger partial charge in [-0.25, -0.2) is 4.39 Å². The van der Waals surface area contributed by atoms with E-state index in [4.69, 9.17) is 9.69 Å². The van der Waals surface area contributed by atoms with Gasteiger partial charge in [-0.1, -0.05) is 71.7 Å². The van der Waals surface area contributed by atoms with Crippen LogP contribution in [0.15, 0.2) is 30.3 Å². The number of rotatable bonds is 4. The standard InChI is InChI=1S/C23H29BFO2Si/c1-15(2)28(16(3)4,17(5)6)13-12-20-22(25)11-10-18-8-7-9-19(23(18)20)21-14-26-27-24-21/h7-11,15-17,21H,14H2,1-6H3. The van der Waals surface area contributed by atoms with Gasteiger partial charge in [0.15, 0.2) is 0 Å². The summed E-state index contributed by atoms with van der Waals surface area (Å²) in [4.78, 5) is 10.1. The van der Waals surface area contributed by atoms with Crippen LogP contribution in [0.25, 0.3) is 10.8 Å². The Bertz CT molecular complexity index is 886. The summed E-state index contributed by atoms with van der Waals surface area (Å²) in [5, 5.41) is 1.87. The van der Waals surface area contributed by atoms with Gasteiger partial charge in [-0.3, -0.25) is 4.89 Å². The topological polar surface area (TPSA) is 18.5 Å². The van der Waals surface area contributed by atoms with E-state index >= 15 is 4.39 Å². The molecule has 0 bridgehead atoms. The summed E-state index contributed by atoms with van der Waals surface area (Å²) in [7, 11) is -0.282. The first-order chi connectivity index (χ1) is 13.3. The van der Waals surface area contributed by atoms with Crippen molar-refractivity contribution < 1.29 is 14.1 Å². The van der Waals surface area contributed by atoms with Gasteiger partial charge in [0.1, 0.15) is 13.9 Å². The van der Waals surface area contributed by atoms with Crippen LogP contribution in [0.1, 0.15) is 58.5 Å². The lowest BCUT2D eigenvalue weighted by Gasteiger charge is -2.38. The third kappa shape index (κ3) is 3.66. The summed E-state index contributed by atoms with van der Waals surface area (Å²) in [6.45, 7) is 14.1.